The lowest BCUT2D eigenvalue weighted by Gasteiger charge is -2.22. The van der Waals surface area contributed by atoms with E-state index in [4.69, 9.17) is 9.26 Å². The maximum atomic E-state index is 11.7. The van der Waals surface area contributed by atoms with Crippen molar-refractivity contribution >= 4 is 14.2 Å². The molecule has 2 rings (SSSR count). The molecular formula is C9H15O5P. The van der Waals surface area contributed by atoms with Crippen LogP contribution in [-0.4, -0.2) is 24.7 Å². The first-order valence-electron chi connectivity index (χ1n) is 5.29. The predicted octanol–water partition coefficient (Wildman–Crippen LogP) is 2.30. The Hall–Kier alpha value is -0.540. The first kappa shape index (κ1) is 11.0. The fourth-order valence-corrected chi connectivity index (χ4v) is 3.00. The summed E-state index contributed by atoms with van der Waals surface area (Å²) in [5.74, 6) is -0.676. The number of hydrogen-bond donors (Lipinski definition) is 0. The molecular weight excluding hydrogens is 219 g/mol. The number of carbonyl (C=O) groups excluding carboxylic acids is 1. The van der Waals surface area contributed by atoms with Gasteiger partial charge in [0.25, 0.3) is 0 Å². The number of cyclic esters (lactones) is 2. The maximum absolute atomic E-state index is 11.7. The van der Waals surface area contributed by atoms with Gasteiger partial charge in [0.2, 0.25) is 13.9 Å². The lowest BCUT2D eigenvalue weighted by molar-refractivity contribution is 0.120. The van der Waals surface area contributed by atoms with Crippen molar-refractivity contribution in [1.29, 1.82) is 0 Å². The summed E-state index contributed by atoms with van der Waals surface area (Å²) in [6, 6.07) is 0. The molecule has 0 spiro atoms. The third kappa shape index (κ3) is 2.95. The Kier molecular flexibility index (Phi) is 3.65. The highest BCUT2D eigenvalue weighted by Crippen LogP contribution is 2.38. The minimum atomic E-state index is -2.32. The van der Waals surface area contributed by atoms with Crippen LogP contribution in [0.3, 0.4) is 0 Å². The van der Waals surface area contributed by atoms with Crippen molar-refractivity contribution in [2.45, 2.75) is 44.1 Å². The lowest BCUT2D eigenvalue weighted by atomic mass is 9.98. The van der Waals surface area contributed by atoms with Crippen molar-refractivity contribution in [2.24, 2.45) is 0 Å². The van der Waals surface area contributed by atoms with E-state index >= 15 is 0 Å². The fourth-order valence-electron chi connectivity index (χ4n) is 1.87. The van der Waals surface area contributed by atoms with E-state index in [-0.39, 0.29) is 12.7 Å². The summed E-state index contributed by atoms with van der Waals surface area (Å²) in [6.45, 7) is 0.0589. The number of rotatable bonds is 3. The summed E-state index contributed by atoms with van der Waals surface area (Å²) in [6.07, 6.45) is 4.72. The highest BCUT2D eigenvalue weighted by Gasteiger charge is 2.32. The summed E-state index contributed by atoms with van der Waals surface area (Å²) in [7, 11) is -2.32. The van der Waals surface area contributed by atoms with Gasteiger partial charge in [-0.3, -0.25) is 4.57 Å². The standard InChI is InChI=1S/C9H15O5P/c10-9-12-6-8(13-9)15(11)14-7-4-2-1-3-5-7/h7-8,15H,1-6H2. The van der Waals surface area contributed by atoms with Crippen molar-refractivity contribution in [3.63, 3.8) is 0 Å². The van der Waals surface area contributed by atoms with Crippen molar-refractivity contribution in [1.82, 2.24) is 0 Å². The Morgan fingerprint density at radius 3 is 2.60 bits per heavy atom. The summed E-state index contributed by atoms with van der Waals surface area (Å²) in [5, 5.41) is 0. The molecule has 86 valence electrons. The summed E-state index contributed by atoms with van der Waals surface area (Å²) >= 11 is 0. The van der Waals surface area contributed by atoms with Gasteiger partial charge in [-0.25, -0.2) is 4.79 Å². The molecule has 0 radical (unpaired) electrons. The summed E-state index contributed by atoms with van der Waals surface area (Å²) in [5.41, 5.74) is 0. The monoisotopic (exact) mass is 234 g/mol. The molecule has 2 unspecified atom stereocenters. The Balaban J connectivity index is 1.78. The number of ether oxygens (including phenoxy) is 2. The van der Waals surface area contributed by atoms with Crippen LogP contribution in [0.2, 0.25) is 0 Å². The third-order valence-corrected chi connectivity index (χ3v) is 4.06. The van der Waals surface area contributed by atoms with E-state index in [9.17, 15) is 9.36 Å². The van der Waals surface area contributed by atoms with Crippen molar-refractivity contribution in [3.05, 3.63) is 0 Å². The van der Waals surface area contributed by atoms with Crippen LogP contribution in [0.5, 0.6) is 0 Å². The topological polar surface area (TPSA) is 61.8 Å². The molecule has 2 fully saturated rings. The van der Waals surface area contributed by atoms with E-state index in [0.29, 0.717) is 0 Å². The Morgan fingerprint density at radius 2 is 2.00 bits per heavy atom. The molecule has 2 atom stereocenters. The zero-order valence-electron chi connectivity index (χ0n) is 8.44. The molecule has 1 aliphatic carbocycles. The second kappa shape index (κ2) is 4.99. The van der Waals surface area contributed by atoms with Crippen LogP contribution in [0.1, 0.15) is 32.1 Å². The van der Waals surface area contributed by atoms with Crippen LogP contribution >= 0.6 is 8.03 Å². The van der Waals surface area contributed by atoms with Crippen LogP contribution in [0.4, 0.5) is 4.79 Å². The quantitative estimate of drug-likeness (QED) is 0.553. The molecule has 0 bridgehead atoms. The Labute approximate surface area is 88.9 Å². The maximum Gasteiger partial charge on any atom is 0.509 e. The molecule has 0 aromatic carbocycles. The molecule has 1 saturated carbocycles. The smallest absolute Gasteiger partial charge is 0.430 e. The van der Waals surface area contributed by atoms with E-state index in [0.717, 1.165) is 25.7 Å². The molecule has 0 aromatic rings. The SMILES string of the molecule is O=C1OCC([PH](=O)OC2CCCCC2)O1. The van der Waals surface area contributed by atoms with Crippen LogP contribution < -0.4 is 0 Å². The van der Waals surface area contributed by atoms with Gasteiger partial charge in [-0.1, -0.05) is 19.3 Å². The van der Waals surface area contributed by atoms with E-state index in [1.807, 2.05) is 0 Å². The third-order valence-electron chi connectivity index (χ3n) is 2.69. The van der Waals surface area contributed by atoms with Gasteiger partial charge in [-0.2, -0.15) is 0 Å². The number of hydrogen-bond acceptors (Lipinski definition) is 5. The molecule has 0 aromatic heterocycles. The molecule has 5 nitrogen and oxygen atoms in total. The zero-order valence-corrected chi connectivity index (χ0v) is 9.44. The molecule has 15 heavy (non-hydrogen) atoms. The molecule has 1 aliphatic heterocycles. The molecule has 1 heterocycles. The summed E-state index contributed by atoms with van der Waals surface area (Å²) < 4.78 is 26.3. The minimum absolute atomic E-state index is 0.0589. The summed E-state index contributed by atoms with van der Waals surface area (Å²) in [4.78, 5) is 10.6. The highest BCUT2D eigenvalue weighted by molar-refractivity contribution is 7.39. The van der Waals surface area contributed by atoms with E-state index < -0.39 is 20.0 Å². The van der Waals surface area contributed by atoms with Crippen LogP contribution in [0.25, 0.3) is 0 Å². The van der Waals surface area contributed by atoms with Crippen molar-refractivity contribution in [2.75, 3.05) is 6.61 Å². The first-order chi connectivity index (χ1) is 7.25. The van der Waals surface area contributed by atoms with Gasteiger partial charge in [0.05, 0.1) is 6.10 Å². The van der Waals surface area contributed by atoms with Gasteiger partial charge in [0.15, 0.2) is 0 Å². The van der Waals surface area contributed by atoms with Crippen molar-refractivity contribution in [3.8, 4) is 0 Å². The normalized spacial score (nSPS) is 29.6. The molecule has 6 heteroatoms. The van der Waals surface area contributed by atoms with Gasteiger partial charge >= 0.3 is 6.16 Å². The predicted molar refractivity (Wildman–Crippen MR) is 53.2 cm³/mol. The van der Waals surface area contributed by atoms with Gasteiger partial charge < -0.3 is 14.0 Å². The fraction of sp³-hybridized carbons (Fsp3) is 0.889. The Morgan fingerprint density at radius 1 is 1.27 bits per heavy atom. The van der Waals surface area contributed by atoms with Gasteiger partial charge in [-0.05, 0) is 12.8 Å². The van der Waals surface area contributed by atoms with Crippen LogP contribution in [0.15, 0.2) is 0 Å². The molecule has 1 saturated heterocycles. The van der Waals surface area contributed by atoms with Crippen LogP contribution in [0, 0.1) is 0 Å². The van der Waals surface area contributed by atoms with Gasteiger partial charge in [0.1, 0.15) is 6.61 Å². The highest BCUT2D eigenvalue weighted by atomic mass is 31.1. The van der Waals surface area contributed by atoms with Gasteiger partial charge in [-0.15, -0.1) is 0 Å². The molecule has 0 amide bonds. The number of carbonyl (C=O) groups is 1. The molecule has 0 N–H and O–H groups in total. The first-order valence-corrected chi connectivity index (χ1v) is 6.69. The van der Waals surface area contributed by atoms with Gasteiger partial charge in [0, 0.05) is 0 Å². The zero-order chi connectivity index (χ0) is 10.7. The Bertz CT molecular complexity index is 261. The average molecular weight is 234 g/mol. The van der Waals surface area contributed by atoms with E-state index in [2.05, 4.69) is 4.74 Å². The second-order valence-electron chi connectivity index (χ2n) is 3.86. The molecule has 2 aliphatic rings. The minimum Gasteiger partial charge on any atom is -0.430 e. The second-order valence-corrected chi connectivity index (χ2v) is 5.38. The lowest BCUT2D eigenvalue weighted by Crippen LogP contribution is -2.16. The van der Waals surface area contributed by atoms with E-state index in [1.54, 1.807) is 0 Å². The average Bonchev–Trinajstić information content (AvgIpc) is 2.66. The van der Waals surface area contributed by atoms with Crippen LogP contribution in [-0.2, 0) is 18.6 Å². The van der Waals surface area contributed by atoms with E-state index in [1.165, 1.54) is 6.42 Å². The largest absolute Gasteiger partial charge is 0.509 e. The van der Waals surface area contributed by atoms with Crippen molar-refractivity contribution < 1.29 is 23.4 Å².